The molecule has 0 amide bonds. The van der Waals surface area contributed by atoms with Gasteiger partial charge in [-0.05, 0) is 36.2 Å². The first kappa shape index (κ1) is 12.1. The molecule has 0 fully saturated rings. The van der Waals surface area contributed by atoms with E-state index in [1.165, 1.54) is 5.56 Å². The Balaban J connectivity index is 2.67. The first-order valence-electron chi connectivity index (χ1n) is 5.72. The summed E-state index contributed by atoms with van der Waals surface area (Å²) in [6.07, 6.45) is 0.397. The minimum atomic E-state index is 0.124. The van der Waals surface area contributed by atoms with Crippen molar-refractivity contribution in [1.29, 1.82) is 0 Å². The summed E-state index contributed by atoms with van der Waals surface area (Å²) in [5, 5.41) is 2.15. The molecular formula is C15H15ClO. The van der Waals surface area contributed by atoms with Crippen LogP contribution in [-0.2, 0) is 0 Å². The molecule has 1 nitrogen and oxygen atoms in total. The monoisotopic (exact) mass is 246 g/mol. The Morgan fingerprint density at radius 1 is 1.12 bits per heavy atom. The summed E-state index contributed by atoms with van der Waals surface area (Å²) in [5.41, 5.74) is 3.07. The van der Waals surface area contributed by atoms with E-state index in [0.29, 0.717) is 12.3 Å². The predicted molar refractivity (Wildman–Crippen MR) is 73.1 cm³/mol. The number of carbonyl (C=O) groups excluding carboxylic acids is 1. The summed E-state index contributed by atoms with van der Waals surface area (Å²) in [5.74, 6) is 0.499. The van der Waals surface area contributed by atoms with Gasteiger partial charge in [0.05, 0.1) is 0 Å². The third-order valence-electron chi connectivity index (χ3n) is 2.88. The Bertz CT molecular complexity index is 572. The number of hydrogen-bond donors (Lipinski definition) is 0. The SMILES string of the molecule is Cc1cc(C(=O)CCCl)c2cc(C)ccc2c1. The molecule has 0 N–H and O–H groups in total. The van der Waals surface area contributed by atoms with E-state index < -0.39 is 0 Å². The number of benzene rings is 2. The van der Waals surface area contributed by atoms with Crippen LogP contribution in [0, 0.1) is 13.8 Å². The van der Waals surface area contributed by atoms with Crippen molar-refractivity contribution in [2.24, 2.45) is 0 Å². The summed E-state index contributed by atoms with van der Waals surface area (Å²) in [7, 11) is 0. The van der Waals surface area contributed by atoms with Crippen LogP contribution in [0.15, 0.2) is 30.3 Å². The number of alkyl halides is 1. The summed E-state index contributed by atoms with van der Waals surface area (Å²) in [4.78, 5) is 12.0. The van der Waals surface area contributed by atoms with Gasteiger partial charge in [-0.15, -0.1) is 11.6 Å². The maximum Gasteiger partial charge on any atom is 0.164 e. The van der Waals surface area contributed by atoms with Crippen LogP contribution >= 0.6 is 11.6 Å². The van der Waals surface area contributed by atoms with Gasteiger partial charge in [0.15, 0.2) is 5.78 Å². The second kappa shape index (κ2) is 4.89. The van der Waals surface area contributed by atoms with Gasteiger partial charge in [0.25, 0.3) is 0 Å². The average Bonchev–Trinajstić information content (AvgIpc) is 2.29. The van der Waals surface area contributed by atoms with Crippen molar-refractivity contribution in [2.75, 3.05) is 5.88 Å². The molecule has 0 saturated heterocycles. The lowest BCUT2D eigenvalue weighted by atomic mass is 9.96. The molecule has 2 heteroatoms. The highest BCUT2D eigenvalue weighted by Crippen LogP contribution is 2.23. The summed E-state index contributed by atoms with van der Waals surface area (Å²) >= 11 is 5.65. The molecule has 2 aromatic rings. The van der Waals surface area contributed by atoms with Crippen molar-refractivity contribution in [3.05, 3.63) is 47.0 Å². The lowest BCUT2D eigenvalue weighted by molar-refractivity contribution is 0.0990. The van der Waals surface area contributed by atoms with Crippen molar-refractivity contribution < 1.29 is 4.79 Å². The van der Waals surface area contributed by atoms with Gasteiger partial charge in [0.2, 0.25) is 0 Å². The average molecular weight is 247 g/mol. The Labute approximate surface area is 106 Å². The van der Waals surface area contributed by atoms with Gasteiger partial charge in [0, 0.05) is 17.9 Å². The fourth-order valence-corrected chi connectivity index (χ4v) is 2.24. The Hall–Kier alpha value is -1.34. The number of rotatable bonds is 3. The van der Waals surface area contributed by atoms with E-state index in [0.717, 1.165) is 21.9 Å². The summed E-state index contributed by atoms with van der Waals surface area (Å²) in [6, 6.07) is 10.3. The predicted octanol–water partition coefficient (Wildman–Crippen LogP) is 4.27. The van der Waals surface area contributed by atoms with E-state index in [2.05, 4.69) is 24.3 Å². The molecule has 2 rings (SSSR count). The number of carbonyl (C=O) groups is 1. The van der Waals surface area contributed by atoms with Gasteiger partial charge >= 0.3 is 0 Å². The fourth-order valence-electron chi connectivity index (χ4n) is 2.07. The van der Waals surface area contributed by atoms with Crippen molar-refractivity contribution in [3.8, 4) is 0 Å². The quantitative estimate of drug-likeness (QED) is 0.584. The first-order chi connectivity index (χ1) is 8.11. The Morgan fingerprint density at radius 3 is 2.59 bits per heavy atom. The molecule has 88 valence electrons. The van der Waals surface area contributed by atoms with Gasteiger partial charge in [-0.3, -0.25) is 4.79 Å². The topological polar surface area (TPSA) is 17.1 Å². The molecule has 0 aliphatic rings. The molecule has 0 radical (unpaired) electrons. The van der Waals surface area contributed by atoms with Crippen LogP contribution in [0.1, 0.15) is 27.9 Å². The minimum Gasteiger partial charge on any atom is -0.294 e. The number of halogens is 1. The zero-order valence-corrected chi connectivity index (χ0v) is 10.8. The van der Waals surface area contributed by atoms with Crippen LogP contribution in [0.4, 0.5) is 0 Å². The molecule has 0 saturated carbocycles. The molecule has 0 spiro atoms. The van der Waals surface area contributed by atoms with Gasteiger partial charge in [-0.1, -0.05) is 29.8 Å². The standard InChI is InChI=1S/C15H15ClO/c1-10-3-4-12-7-11(2)9-14(13(12)8-10)15(17)5-6-16/h3-4,7-9H,5-6H2,1-2H3. The van der Waals surface area contributed by atoms with Crippen LogP contribution in [-0.4, -0.2) is 11.7 Å². The van der Waals surface area contributed by atoms with Crippen LogP contribution < -0.4 is 0 Å². The molecule has 0 bridgehead atoms. The highest BCUT2D eigenvalue weighted by atomic mass is 35.5. The lowest BCUT2D eigenvalue weighted by Crippen LogP contribution is -2.01. The van der Waals surface area contributed by atoms with Crippen LogP contribution in [0.2, 0.25) is 0 Å². The molecule has 0 unspecified atom stereocenters. The van der Waals surface area contributed by atoms with Gasteiger partial charge in [-0.25, -0.2) is 0 Å². The van der Waals surface area contributed by atoms with Gasteiger partial charge in [0.1, 0.15) is 0 Å². The molecule has 0 heterocycles. The Morgan fingerprint density at radius 2 is 1.88 bits per heavy atom. The van der Waals surface area contributed by atoms with Crippen molar-refractivity contribution >= 4 is 28.2 Å². The highest BCUT2D eigenvalue weighted by molar-refractivity contribution is 6.20. The molecular weight excluding hydrogens is 232 g/mol. The largest absolute Gasteiger partial charge is 0.294 e. The second-order valence-corrected chi connectivity index (χ2v) is 4.78. The molecule has 0 aliphatic carbocycles. The fraction of sp³-hybridized carbons (Fsp3) is 0.267. The summed E-state index contributed by atoms with van der Waals surface area (Å²) in [6.45, 7) is 4.05. The minimum absolute atomic E-state index is 0.124. The number of fused-ring (bicyclic) bond motifs is 1. The van der Waals surface area contributed by atoms with Crippen LogP contribution in [0.5, 0.6) is 0 Å². The third-order valence-corrected chi connectivity index (χ3v) is 3.07. The normalized spacial score (nSPS) is 10.8. The molecule has 17 heavy (non-hydrogen) atoms. The van der Waals surface area contributed by atoms with E-state index in [4.69, 9.17) is 11.6 Å². The van der Waals surface area contributed by atoms with Crippen molar-refractivity contribution in [2.45, 2.75) is 20.3 Å². The second-order valence-electron chi connectivity index (χ2n) is 4.40. The third kappa shape index (κ3) is 2.50. The van der Waals surface area contributed by atoms with Crippen molar-refractivity contribution in [1.82, 2.24) is 0 Å². The number of Topliss-reactive ketones (excluding diaryl/α,β-unsaturated/α-hetero) is 1. The first-order valence-corrected chi connectivity index (χ1v) is 6.25. The zero-order chi connectivity index (χ0) is 12.4. The van der Waals surface area contributed by atoms with Crippen molar-refractivity contribution in [3.63, 3.8) is 0 Å². The number of aryl methyl sites for hydroxylation is 2. The number of ketones is 1. The van der Waals surface area contributed by atoms with E-state index >= 15 is 0 Å². The molecule has 0 aromatic heterocycles. The van der Waals surface area contributed by atoms with Crippen LogP contribution in [0.25, 0.3) is 10.8 Å². The van der Waals surface area contributed by atoms with E-state index in [9.17, 15) is 4.79 Å². The number of hydrogen-bond acceptors (Lipinski definition) is 1. The van der Waals surface area contributed by atoms with Crippen LogP contribution in [0.3, 0.4) is 0 Å². The molecule has 0 atom stereocenters. The van der Waals surface area contributed by atoms with Gasteiger partial charge in [-0.2, -0.15) is 0 Å². The highest BCUT2D eigenvalue weighted by Gasteiger charge is 2.10. The molecule has 2 aromatic carbocycles. The summed E-state index contributed by atoms with van der Waals surface area (Å²) < 4.78 is 0. The smallest absolute Gasteiger partial charge is 0.164 e. The maximum absolute atomic E-state index is 12.0. The van der Waals surface area contributed by atoms with E-state index in [1.807, 2.05) is 19.9 Å². The molecule has 0 aliphatic heterocycles. The maximum atomic E-state index is 12.0. The van der Waals surface area contributed by atoms with E-state index in [-0.39, 0.29) is 5.78 Å². The van der Waals surface area contributed by atoms with Gasteiger partial charge < -0.3 is 0 Å². The zero-order valence-electron chi connectivity index (χ0n) is 10.1. The van der Waals surface area contributed by atoms with E-state index in [1.54, 1.807) is 0 Å². The lowest BCUT2D eigenvalue weighted by Gasteiger charge is -2.08. The Kier molecular flexibility index (Phi) is 3.49.